The third-order valence-electron chi connectivity index (χ3n) is 4.83. The number of anilines is 1. The van der Waals surface area contributed by atoms with Crippen LogP contribution < -0.4 is 9.62 Å². The highest BCUT2D eigenvalue weighted by Crippen LogP contribution is 2.25. The lowest BCUT2D eigenvalue weighted by Crippen LogP contribution is -2.54. The molecule has 34 heavy (non-hydrogen) atoms. The van der Waals surface area contributed by atoms with E-state index in [1.165, 1.54) is 31.2 Å². The number of rotatable bonds is 8. The second-order valence-corrected chi connectivity index (χ2v) is 11.2. The molecule has 2 amide bonds. The molecule has 11 heteroatoms. The van der Waals surface area contributed by atoms with Gasteiger partial charge in [0.1, 0.15) is 24.2 Å². The Morgan fingerprint density at radius 2 is 1.71 bits per heavy atom. The first kappa shape index (κ1) is 27.5. The van der Waals surface area contributed by atoms with Gasteiger partial charge in [0, 0.05) is 17.6 Å². The van der Waals surface area contributed by atoms with Crippen LogP contribution in [0.4, 0.5) is 14.5 Å². The average molecular weight is 516 g/mol. The van der Waals surface area contributed by atoms with Gasteiger partial charge in [-0.3, -0.25) is 13.9 Å². The molecule has 0 radical (unpaired) electrons. The highest BCUT2D eigenvalue weighted by Gasteiger charge is 2.32. The second-order valence-electron chi connectivity index (χ2n) is 8.90. The lowest BCUT2D eigenvalue weighted by atomic mass is 10.1. The van der Waals surface area contributed by atoms with Crippen molar-refractivity contribution < 1.29 is 26.8 Å². The topological polar surface area (TPSA) is 86.8 Å². The van der Waals surface area contributed by atoms with E-state index in [4.69, 9.17) is 11.6 Å². The first-order chi connectivity index (χ1) is 15.6. The summed E-state index contributed by atoms with van der Waals surface area (Å²) in [6.45, 7) is 5.80. The Balaban J connectivity index is 2.44. The number of benzene rings is 2. The van der Waals surface area contributed by atoms with Crippen molar-refractivity contribution >= 4 is 39.1 Å². The van der Waals surface area contributed by atoms with Gasteiger partial charge >= 0.3 is 0 Å². The van der Waals surface area contributed by atoms with Crippen LogP contribution in [0, 0.1) is 11.6 Å². The Labute approximate surface area is 203 Å². The van der Waals surface area contributed by atoms with Crippen molar-refractivity contribution in [1.29, 1.82) is 0 Å². The van der Waals surface area contributed by atoms with E-state index >= 15 is 0 Å². The van der Waals surface area contributed by atoms with Gasteiger partial charge in [-0.15, -0.1) is 0 Å². The van der Waals surface area contributed by atoms with Crippen LogP contribution in [-0.2, 0) is 26.2 Å². The normalized spacial score (nSPS) is 12.7. The molecular weight excluding hydrogens is 488 g/mol. The number of hydrogen-bond donors (Lipinski definition) is 1. The van der Waals surface area contributed by atoms with E-state index in [1.807, 2.05) is 0 Å². The lowest BCUT2D eigenvalue weighted by molar-refractivity contribution is -0.140. The highest BCUT2D eigenvalue weighted by molar-refractivity contribution is 7.92. The molecule has 0 saturated carbocycles. The first-order valence-corrected chi connectivity index (χ1v) is 12.6. The number of nitrogens with one attached hydrogen (secondary N) is 1. The van der Waals surface area contributed by atoms with E-state index in [1.54, 1.807) is 26.8 Å². The first-order valence-electron chi connectivity index (χ1n) is 10.4. The fourth-order valence-corrected chi connectivity index (χ4v) is 4.14. The number of halogens is 3. The quantitative estimate of drug-likeness (QED) is 0.580. The summed E-state index contributed by atoms with van der Waals surface area (Å²) in [7, 11) is -4.00. The average Bonchev–Trinajstić information content (AvgIpc) is 2.70. The van der Waals surface area contributed by atoms with Crippen molar-refractivity contribution in [2.45, 2.75) is 45.8 Å². The van der Waals surface area contributed by atoms with E-state index in [9.17, 15) is 26.8 Å². The molecule has 1 atom stereocenters. The van der Waals surface area contributed by atoms with E-state index in [0.29, 0.717) is 0 Å². The van der Waals surface area contributed by atoms with Crippen molar-refractivity contribution in [3.8, 4) is 0 Å². The molecule has 0 bridgehead atoms. The van der Waals surface area contributed by atoms with Gasteiger partial charge in [-0.05, 0) is 52.0 Å². The molecule has 0 unspecified atom stereocenters. The van der Waals surface area contributed by atoms with Crippen LogP contribution in [-0.4, -0.2) is 49.5 Å². The van der Waals surface area contributed by atoms with Crippen LogP contribution in [0.5, 0.6) is 0 Å². The number of carbonyl (C=O) groups is 2. The smallest absolute Gasteiger partial charge is 0.244 e. The van der Waals surface area contributed by atoms with Crippen LogP contribution in [0.25, 0.3) is 0 Å². The summed E-state index contributed by atoms with van der Waals surface area (Å²) in [5, 5.41) is 2.45. The third-order valence-corrected chi connectivity index (χ3v) is 6.26. The fourth-order valence-electron chi connectivity index (χ4n) is 3.12. The Kier molecular flexibility index (Phi) is 8.65. The molecule has 2 aromatic rings. The van der Waals surface area contributed by atoms with Crippen molar-refractivity contribution in [2.24, 2.45) is 0 Å². The molecule has 186 valence electrons. The van der Waals surface area contributed by atoms with Crippen LogP contribution in [0.15, 0.2) is 42.5 Å². The molecule has 0 aliphatic carbocycles. The van der Waals surface area contributed by atoms with Gasteiger partial charge in [0.25, 0.3) is 0 Å². The molecule has 0 fully saturated rings. The van der Waals surface area contributed by atoms with Crippen LogP contribution in [0.2, 0.25) is 5.02 Å². The highest BCUT2D eigenvalue weighted by atomic mass is 35.5. The summed E-state index contributed by atoms with van der Waals surface area (Å²) in [5.41, 5.74) is -0.469. The maximum atomic E-state index is 14.4. The number of hydrogen-bond acceptors (Lipinski definition) is 4. The number of nitrogens with zero attached hydrogens (tertiary/aromatic N) is 2. The minimum absolute atomic E-state index is 0.0279. The Bertz CT molecular complexity index is 1170. The standard InChI is InChI=1S/C23H28ClF2N3O4S/c1-15(22(31)27-23(2,3)4)28(13-16-8-6-7-9-19(16)25)21(30)14-29(34(5,32)33)17-10-11-20(26)18(24)12-17/h6-12,15H,13-14H2,1-5H3,(H,27,31)/t15-/m1/s1. The maximum absolute atomic E-state index is 14.4. The van der Waals surface area contributed by atoms with Gasteiger partial charge in [0.05, 0.1) is 17.0 Å². The molecule has 0 heterocycles. The second kappa shape index (κ2) is 10.7. The zero-order chi connectivity index (χ0) is 25.8. The summed E-state index contributed by atoms with van der Waals surface area (Å²) in [5.74, 6) is -2.58. The summed E-state index contributed by atoms with van der Waals surface area (Å²) in [4.78, 5) is 27.3. The molecule has 0 saturated heterocycles. The van der Waals surface area contributed by atoms with Gasteiger partial charge in [0.2, 0.25) is 21.8 Å². The van der Waals surface area contributed by atoms with Crippen LogP contribution in [0.3, 0.4) is 0 Å². The molecule has 2 aromatic carbocycles. The van der Waals surface area contributed by atoms with Crippen molar-refractivity contribution in [2.75, 3.05) is 17.1 Å². The zero-order valence-electron chi connectivity index (χ0n) is 19.6. The molecule has 1 N–H and O–H groups in total. The third kappa shape index (κ3) is 7.39. The maximum Gasteiger partial charge on any atom is 0.244 e. The molecule has 0 aliphatic rings. The van der Waals surface area contributed by atoms with Gasteiger partial charge in [0.15, 0.2) is 0 Å². The Hall–Kier alpha value is -2.72. The summed E-state index contributed by atoms with van der Waals surface area (Å²) in [6, 6.07) is 7.96. The predicted octanol–water partition coefficient (Wildman–Crippen LogP) is 3.72. The summed E-state index contributed by atoms with van der Waals surface area (Å²) >= 11 is 5.80. The molecule has 0 aliphatic heterocycles. The van der Waals surface area contributed by atoms with Crippen molar-refractivity contribution in [3.63, 3.8) is 0 Å². The molecule has 7 nitrogen and oxygen atoms in total. The zero-order valence-corrected chi connectivity index (χ0v) is 21.2. The van der Waals surface area contributed by atoms with Crippen LogP contribution >= 0.6 is 11.6 Å². The van der Waals surface area contributed by atoms with Crippen molar-refractivity contribution in [1.82, 2.24) is 10.2 Å². The van der Waals surface area contributed by atoms with Crippen molar-refractivity contribution in [3.05, 3.63) is 64.7 Å². The van der Waals surface area contributed by atoms with Gasteiger partial charge in [-0.25, -0.2) is 17.2 Å². The monoisotopic (exact) mass is 515 g/mol. The minimum Gasteiger partial charge on any atom is -0.350 e. The molecular formula is C23H28ClF2N3O4S. The Morgan fingerprint density at radius 1 is 1.09 bits per heavy atom. The number of carbonyl (C=O) groups excluding carboxylic acids is 2. The lowest BCUT2D eigenvalue weighted by Gasteiger charge is -2.33. The molecule has 0 spiro atoms. The predicted molar refractivity (Wildman–Crippen MR) is 128 cm³/mol. The molecule has 0 aromatic heterocycles. The number of amides is 2. The van der Waals surface area contributed by atoms with Gasteiger partial charge < -0.3 is 10.2 Å². The Morgan fingerprint density at radius 3 is 2.24 bits per heavy atom. The van der Waals surface area contributed by atoms with Gasteiger partial charge in [-0.1, -0.05) is 29.8 Å². The fraction of sp³-hybridized carbons (Fsp3) is 0.391. The SMILES string of the molecule is C[C@H](C(=O)NC(C)(C)C)N(Cc1ccccc1F)C(=O)CN(c1ccc(F)c(Cl)c1)S(C)(=O)=O. The number of sulfonamides is 1. The van der Waals surface area contributed by atoms with Gasteiger partial charge in [-0.2, -0.15) is 0 Å². The van der Waals surface area contributed by atoms with E-state index in [0.717, 1.165) is 27.6 Å². The van der Waals surface area contributed by atoms with E-state index in [-0.39, 0.29) is 22.8 Å². The molecule has 2 rings (SSSR count). The van der Waals surface area contributed by atoms with E-state index < -0.39 is 51.6 Å². The largest absolute Gasteiger partial charge is 0.350 e. The summed E-state index contributed by atoms with van der Waals surface area (Å²) < 4.78 is 53.6. The minimum atomic E-state index is -4.00. The summed E-state index contributed by atoms with van der Waals surface area (Å²) in [6.07, 6.45) is 0.883. The van der Waals surface area contributed by atoms with Crippen LogP contribution in [0.1, 0.15) is 33.3 Å². The van der Waals surface area contributed by atoms with E-state index in [2.05, 4.69) is 5.32 Å².